The number of hydrogen-bond acceptors (Lipinski definition) is 2. The Morgan fingerprint density at radius 1 is 1.41 bits per heavy atom. The maximum atomic E-state index is 12.8. The van der Waals surface area contributed by atoms with Gasteiger partial charge >= 0.3 is 6.18 Å². The van der Waals surface area contributed by atoms with Gasteiger partial charge < -0.3 is 4.90 Å². The van der Waals surface area contributed by atoms with E-state index in [0.717, 1.165) is 6.07 Å². The van der Waals surface area contributed by atoms with E-state index in [9.17, 15) is 13.2 Å². The molecule has 0 bridgehead atoms. The van der Waals surface area contributed by atoms with Crippen LogP contribution in [-0.2, 0) is 6.18 Å². The molecule has 0 amide bonds. The van der Waals surface area contributed by atoms with Crippen molar-refractivity contribution >= 4 is 21.6 Å². The molecular weight excluding hydrogens is 297 g/mol. The summed E-state index contributed by atoms with van der Waals surface area (Å²) in [5.41, 5.74) is -0.622. The van der Waals surface area contributed by atoms with Gasteiger partial charge in [0.25, 0.3) is 0 Å². The summed E-state index contributed by atoms with van der Waals surface area (Å²) in [5, 5.41) is 8.44. The van der Waals surface area contributed by atoms with Crippen molar-refractivity contribution in [1.29, 1.82) is 5.26 Å². The van der Waals surface area contributed by atoms with Crippen LogP contribution in [0.15, 0.2) is 22.7 Å². The van der Waals surface area contributed by atoms with Crippen LogP contribution in [0.5, 0.6) is 0 Å². The van der Waals surface area contributed by atoms with Crippen LogP contribution in [0.4, 0.5) is 18.9 Å². The van der Waals surface area contributed by atoms with Crippen LogP contribution in [0, 0.1) is 11.3 Å². The van der Waals surface area contributed by atoms with E-state index >= 15 is 0 Å². The summed E-state index contributed by atoms with van der Waals surface area (Å²) in [7, 11) is 1.54. The summed E-state index contributed by atoms with van der Waals surface area (Å²) in [6.45, 7) is 0.260. The van der Waals surface area contributed by atoms with Crippen molar-refractivity contribution in [2.24, 2.45) is 0 Å². The molecule has 0 heterocycles. The minimum absolute atomic E-state index is 0.0714. The third-order valence-corrected chi connectivity index (χ3v) is 2.73. The van der Waals surface area contributed by atoms with Crippen LogP contribution in [0.1, 0.15) is 12.0 Å². The minimum Gasteiger partial charge on any atom is -0.373 e. The van der Waals surface area contributed by atoms with Crippen LogP contribution < -0.4 is 4.90 Å². The van der Waals surface area contributed by atoms with Crippen molar-refractivity contribution in [3.05, 3.63) is 28.2 Å². The highest BCUT2D eigenvalue weighted by atomic mass is 79.9. The average molecular weight is 307 g/mol. The normalized spacial score (nSPS) is 11.1. The lowest BCUT2D eigenvalue weighted by molar-refractivity contribution is -0.137. The lowest BCUT2D eigenvalue weighted by Crippen LogP contribution is -2.22. The van der Waals surface area contributed by atoms with Gasteiger partial charge in [0.15, 0.2) is 0 Å². The molecule has 17 heavy (non-hydrogen) atoms. The van der Waals surface area contributed by atoms with Crippen LogP contribution in [0.3, 0.4) is 0 Å². The van der Waals surface area contributed by atoms with E-state index in [1.807, 2.05) is 6.07 Å². The van der Waals surface area contributed by atoms with E-state index in [1.165, 1.54) is 24.1 Å². The first-order valence-corrected chi connectivity index (χ1v) is 5.60. The number of alkyl halides is 3. The van der Waals surface area contributed by atoms with E-state index in [4.69, 9.17) is 5.26 Å². The molecule has 0 unspecified atom stereocenters. The number of rotatable bonds is 3. The van der Waals surface area contributed by atoms with Gasteiger partial charge in [0.1, 0.15) is 0 Å². The largest absolute Gasteiger partial charge is 0.418 e. The Labute approximate surface area is 106 Å². The molecule has 2 nitrogen and oxygen atoms in total. The zero-order chi connectivity index (χ0) is 13.1. The van der Waals surface area contributed by atoms with Crippen LogP contribution >= 0.6 is 15.9 Å². The molecule has 92 valence electrons. The lowest BCUT2D eigenvalue weighted by atomic mass is 10.1. The minimum atomic E-state index is -4.39. The third-order valence-electron chi connectivity index (χ3n) is 2.24. The monoisotopic (exact) mass is 306 g/mol. The first-order chi connectivity index (χ1) is 7.86. The molecule has 0 N–H and O–H groups in total. The van der Waals surface area contributed by atoms with E-state index < -0.39 is 11.7 Å². The Morgan fingerprint density at radius 2 is 2.06 bits per heavy atom. The summed E-state index contributed by atoms with van der Waals surface area (Å²) in [5.74, 6) is 0. The molecule has 0 saturated carbocycles. The zero-order valence-electron chi connectivity index (χ0n) is 9.05. The molecule has 0 radical (unpaired) electrons. The number of anilines is 1. The Morgan fingerprint density at radius 3 is 2.59 bits per heavy atom. The number of nitriles is 1. The van der Waals surface area contributed by atoms with Gasteiger partial charge in [-0.3, -0.25) is 0 Å². The number of halogens is 4. The van der Waals surface area contributed by atoms with Gasteiger partial charge in [-0.1, -0.05) is 15.9 Å². The maximum absolute atomic E-state index is 12.8. The smallest absolute Gasteiger partial charge is 0.373 e. The maximum Gasteiger partial charge on any atom is 0.418 e. The van der Waals surface area contributed by atoms with Gasteiger partial charge in [0, 0.05) is 23.8 Å². The van der Waals surface area contributed by atoms with Crippen LogP contribution in [-0.4, -0.2) is 13.6 Å². The lowest BCUT2D eigenvalue weighted by Gasteiger charge is -2.22. The summed E-state index contributed by atoms with van der Waals surface area (Å²) in [6.07, 6.45) is -4.21. The highest BCUT2D eigenvalue weighted by molar-refractivity contribution is 9.10. The van der Waals surface area contributed by atoms with Crippen molar-refractivity contribution in [2.75, 3.05) is 18.5 Å². The van der Waals surface area contributed by atoms with Crippen LogP contribution in [0.2, 0.25) is 0 Å². The molecule has 0 saturated heterocycles. The van der Waals surface area contributed by atoms with Crippen molar-refractivity contribution in [1.82, 2.24) is 0 Å². The second-order valence-corrected chi connectivity index (χ2v) is 4.40. The Kier molecular flexibility index (Phi) is 4.40. The fourth-order valence-electron chi connectivity index (χ4n) is 1.40. The molecule has 0 aliphatic carbocycles. The van der Waals surface area contributed by atoms with Gasteiger partial charge in [-0.05, 0) is 18.2 Å². The highest BCUT2D eigenvalue weighted by Gasteiger charge is 2.34. The van der Waals surface area contributed by atoms with Gasteiger partial charge in [-0.25, -0.2) is 0 Å². The molecule has 0 atom stereocenters. The summed E-state index contributed by atoms with van der Waals surface area (Å²) >= 11 is 3.14. The van der Waals surface area contributed by atoms with Crippen molar-refractivity contribution < 1.29 is 13.2 Å². The standard InChI is InChI=1S/C11H10BrF3N2/c1-17(6-2-5-16)10-7-8(12)3-4-9(10)11(13,14)15/h3-4,7H,2,6H2,1H3. The van der Waals surface area contributed by atoms with E-state index in [0.29, 0.717) is 4.47 Å². The van der Waals surface area contributed by atoms with E-state index in [1.54, 1.807) is 0 Å². The predicted molar refractivity (Wildman–Crippen MR) is 62.6 cm³/mol. The third kappa shape index (κ3) is 3.63. The molecule has 1 aromatic carbocycles. The molecule has 1 aromatic rings. The molecular formula is C11H10BrF3N2. The SMILES string of the molecule is CN(CCC#N)c1cc(Br)ccc1C(F)(F)F. The molecule has 6 heteroatoms. The Hall–Kier alpha value is -1.22. The summed E-state index contributed by atoms with van der Waals surface area (Å²) < 4.78 is 38.8. The van der Waals surface area contributed by atoms with Gasteiger partial charge in [0.2, 0.25) is 0 Å². The molecule has 0 aliphatic heterocycles. The summed E-state index contributed by atoms with van der Waals surface area (Å²) in [6, 6.07) is 5.69. The van der Waals surface area contributed by atoms with E-state index in [-0.39, 0.29) is 18.7 Å². The summed E-state index contributed by atoms with van der Waals surface area (Å²) in [4.78, 5) is 1.43. The van der Waals surface area contributed by atoms with Gasteiger partial charge in [-0.15, -0.1) is 0 Å². The first-order valence-electron chi connectivity index (χ1n) is 4.81. The number of nitrogens with zero attached hydrogens (tertiary/aromatic N) is 2. The molecule has 1 rings (SSSR count). The predicted octanol–water partition coefficient (Wildman–Crippen LogP) is 3.82. The second kappa shape index (κ2) is 5.41. The first kappa shape index (κ1) is 13.8. The van der Waals surface area contributed by atoms with Gasteiger partial charge in [0.05, 0.1) is 18.1 Å². The average Bonchev–Trinajstić information content (AvgIpc) is 2.24. The molecule has 0 spiro atoms. The fraction of sp³-hybridized carbons (Fsp3) is 0.364. The van der Waals surface area contributed by atoms with Crippen molar-refractivity contribution in [3.63, 3.8) is 0 Å². The molecule has 0 aromatic heterocycles. The molecule has 0 fully saturated rings. The van der Waals surface area contributed by atoms with Gasteiger partial charge in [-0.2, -0.15) is 18.4 Å². The Balaban J connectivity index is 3.12. The van der Waals surface area contributed by atoms with Crippen LogP contribution in [0.25, 0.3) is 0 Å². The second-order valence-electron chi connectivity index (χ2n) is 3.49. The number of benzene rings is 1. The topological polar surface area (TPSA) is 27.0 Å². The van der Waals surface area contributed by atoms with Crippen molar-refractivity contribution in [3.8, 4) is 6.07 Å². The fourth-order valence-corrected chi connectivity index (χ4v) is 1.75. The van der Waals surface area contributed by atoms with Crippen molar-refractivity contribution in [2.45, 2.75) is 12.6 Å². The quantitative estimate of drug-likeness (QED) is 0.849. The molecule has 0 aliphatic rings. The number of hydrogen-bond donors (Lipinski definition) is 0. The highest BCUT2D eigenvalue weighted by Crippen LogP contribution is 2.37. The van der Waals surface area contributed by atoms with E-state index in [2.05, 4.69) is 15.9 Å². The Bertz CT molecular complexity index is 437. The zero-order valence-corrected chi connectivity index (χ0v) is 10.6.